The van der Waals surface area contributed by atoms with E-state index < -0.39 is 0 Å². The summed E-state index contributed by atoms with van der Waals surface area (Å²) in [4.78, 5) is 11.7. The number of hydrogen-bond acceptors (Lipinski definition) is 1. The lowest BCUT2D eigenvalue weighted by Crippen LogP contribution is -2.63. The Labute approximate surface area is 97.6 Å². The van der Waals surface area contributed by atoms with Gasteiger partial charge in [0.05, 0.1) is 16.8 Å². The van der Waals surface area contributed by atoms with E-state index in [9.17, 15) is 4.79 Å². The average molecular weight is 242 g/mol. The maximum atomic E-state index is 11.7. The molecule has 1 aromatic carbocycles. The summed E-state index contributed by atoms with van der Waals surface area (Å²) < 4.78 is 0. The summed E-state index contributed by atoms with van der Waals surface area (Å²) in [5.41, 5.74) is 1.76. The molecular formula is C11H9Cl2NO. The normalized spacial score (nSPS) is 37.3. The molecule has 0 aromatic heterocycles. The van der Waals surface area contributed by atoms with Crippen LogP contribution < -0.4 is 5.32 Å². The third-order valence-electron chi connectivity index (χ3n) is 3.24. The van der Waals surface area contributed by atoms with Gasteiger partial charge in [-0.05, 0) is 11.6 Å². The number of fused-ring (bicyclic) bond motifs is 3. The van der Waals surface area contributed by atoms with E-state index in [0.717, 1.165) is 11.1 Å². The smallest absolute Gasteiger partial charge is 0.251 e. The third-order valence-corrected chi connectivity index (χ3v) is 4.45. The van der Waals surface area contributed by atoms with Gasteiger partial charge in [-0.3, -0.25) is 4.79 Å². The predicted octanol–water partition coefficient (Wildman–Crippen LogP) is 2.11. The summed E-state index contributed by atoms with van der Waals surface area (Å²) in [5, 5.41) is 2.65. The number of benzene rings is 1. The minimum Gasteiger partial charge on any atom is -0.347 e. The summed E-state index contributed by atoms with van der Waals surface area (Å²) >= 11 is 12.2. The molecule has 4 atom stereocenters. The first-order chi connectivity index (χ1) is 7.20. The van der Waals surface area contributed by atoms with E-state index in [1.807, 2.05) is 24.3 Å². The topological polar surface area (TPSA) is 29.1 Å². The number of rotatable bonds is 0. The van der Waals surface area contributed by atoms with Crippen molar-refractivity contribution in [3.05, 3.63) is 35.4 Å². The van der Waals surface area contributed by atoms with Gasteiger partial charge >= 0.3 is 0 Å². The van der Waals surface area contributed by atoms with Crippen LogP contribution in [0.15, 0.2) is 24.3 Å². The maximum Gasteiger partial charge on any atom is 0.251 e. The average Bonchev–Trinajstić information content (AvgIpc) is 2.28. The van der Waals surface area contributed by atoms with Crippen molar-refractivity contribution in [2.75, 3.05) is 0 Å². The van der Waals surface area contributed by atoms with Gasteiger partial charge in [0.2, 0.25) is 0 Å². The Morgan fingerprint density at radius 1 is 1.13 bits per heavy atom. The zero-order valence-electron chi connectivity index (χ0n) is 7.78. The molecule has 0 radical (unpaired) electrons. The highest BCUT2D eigenvalue weighted by molar-refractivity contribution is 6.33. The maximum absolute atomic E-state index is 11.7. The summed E-state index contributed by atoms with van der Waals surface area (Å²) in [6, 6.07) is 7.57. The molecular weight excluding hydrogens is 233 g/mol. The van der Waals surface area contributed by atoms with E-state index in [1.54, 1.807) is 0 Å². The van der Waals surface area contributed by atoms with Crippen LogP contribution in [0.5, 0.6) is 0 Å². The van der Waals surface area contributed by atoms with Gasteiger partial charge in [0.25, 0.3) is 5.91 Å². The largest absolute Gasteiger partial charge is 0.347 e. The van der Waals surface area contributed by atoms with Crippen LogP contribution in [-0.4, -0.2) is 22.7 Å². The molecule has 1 heterocycles. The van der Waals surface area contributed by atoms with Gasteiger partial charge in [0.1, 0.15) is 0 Å². The number of alkyl halides is 2. The highest BCUT2D eigenvalue weighted by Gasteiger charge is 2.53. The fourth-order valence-corrected chi connectivity index (χ4v) is 3.23. The molecule has 1 aliphatic carbocycles. The van der Waals surface area contributed by atoms with Crippen molar-refractivity contribution in [1.82, 2.24) is 5.32 Å². The Kier molecular flexibility index (Phi) is 1.98. The van der Waals surface area contributed by atoms with Crippen molar-refractivity contribution in [3.8, 4) is 0 Å². The summed E-state index contributed by atoms with van der Waals surface area (Å²) in [7, 11) is 0. The van der Waals surface area contributed by atoms with Gasteiger partial charge in [-0.1, -0.05) is 18.2 Å². The zero-order chi connectivity index (χ0) is 10.6. The van der Waals surface area contributed by atoms with Gasteiger partial charge in [0, 0.05) is 11.5 Å². The van der Waals surface area contributed by atoms with Crippen LogP contribution in [0.4, 0.5) is 0 Å². The molecule has 0 bridgehead atoms. The second kappa shape index (κ2) is 3.13. The summed E-state index contributed by atoms with van der Waals surface area (Å²) in [6.45, 7) is 0. The van der Waals surface area contributed by atoms with Crippen molar-refractivity contribution in [2.24, 2.45) is 0 Å². The summed E-state index contributed by atoms with van der Waals surface area (Å²) in [5.74, 6) is 0.129. The lowest BCUT2D eigenvalue weighted by Gasteiger charge is -2.49. The molecule has 1 aromatic rings. The van der Waals surface area contributed by atoms with E-state index in [4.69, 9.17) is 23.2 Å². The van der Waals surface area contributed by atoms with Crippen LogP contribution in [0.2, 0.25) is 0 Å². The lowest BCUT2D eigenvalue weighted by atomic mass is 9.70. The lowest BCUT2D eigenvalue weighted by molar-refractivity contribution is 0.0884. The Bertz CT molecular complexity index is 434. The number of nitrogens with one attached hydrogen (secondary N) is 1. The molecule has 0 spiro atoms. The molecule has 0 unspecified atom stereocenters. The van der Waals surface area contributed by atoms with Gasteiger partial charge in [-0.2, -0.15) is 0 Å². The molecule has 1 saturated carbocycles. The third kappa shape index (κ3) is 1.15. The van der Waals surface area contributed by atoms with Crippen LogP contribution in [-0.2, 0) is 0 Å². The van der Waals surface area contributed by atoms with Crippen LogP contribution in [0.1, 0.15) is 21.8 Å². The standard InChI is InChI=1S/C11H9Cl2NO/c12-8-7-5-3-1-2-4-6(5)11(15)14-10(7)9(8)13/h1-4,7-10H,(H,14,15)/t7-,8-,9-,10-/m1/s1. The first-order valence-electron chi connectivity index (χ1n) is 4.88. The minimum absolute atomic E-state index is 0.00318. The molecule has 15 heavy (non-hydrogen) atoms. The Hall–Kier alpha value is -0.730. The van der Waals surface area contributed by atoms with Crippen LogP contribution in [0.25, 0.3) is 0 Å². The Morgan fingerprint density at radius 2 is 1.87 bits per heavy atom. The molecule has 1 aliphatic heterocycles. The van der Waals surface area contributed by atoms with Crippen molar-refractivity contribution in [2.45, 2.75) is 22.7 Å². The van der Waals surface area contributed by atoms with Crippen LogP contribution >= 0.6 is 23.2 Å². The number of amides is 1. The SMILES string of the molecule is O=C1N[C@H]2[C@H](Cl)[C@H](Cl)[C@H]2c2ccccc21. The Balaban J connectivity index is 2.10. The van der Waals surface area contributed by atoms with Gasteiger partial charge in [-0.25, -0.2) is 0 Å². The van der Waals surface area contributed by atoms with Crippen molar-refractivity contribution >= 4 is 29.1 Å². The van der Waals surface area contributed by atoms with E-state index >= 15 is 0 Å². The van der Waals surface area contributed by atoms with Crippen molar-refractivity contribution < 1.29 is 4.79 Å². The molecule has 0 saturated heterocycles. The van der Waals surface area contributed by atoms with Crippen molar-refractivity contribution in [1.29, 1.82) is 0 Å². The monoisotopic (exact) mass is 241 g/mol. The molecule has 1 fully saturated rings. The number of carbonyl (C=O) groups is 1. The van der Waals surface area contributed by atoms with E-state index in [-0.39, 0.29) is 28.6 Å². The van der Waals surface area contributed by atoms with Crippen LogP contribution in [0.3, 0.4) is 0 Å². The van der Waals surface area contributed by atoms with Gasteiger partial charge in [-0.15, -0.1) is 23.2 Å². The van der Waals surface area contributed by atoms with E-state index in [0.29, 0.717) is 0 Å². The number of carbonyl (C=O) groups excluding carboxylic acids is 1. The van der Waals surface area contributed by atoms with Gasteiger partial charge in [0.15, 0.2) is 0 Å². The fourth-order valence-electron chi connectivity index (χ4n) is 2.40. The van der Waals surface area contributed by atoms with Crippen molar-refractivity contribution in [3.63, 3.8) is 0 Å². The molecule has 2 aliphatic rings. The molecule has 1 amide bonds. The first kappa shape index (κ1) is 9.49. The van der Waals surface area contributed by atoms with Gasteiger partial charge < -0.3 is 5.32 Å². The zero-order valence-corrected chi connectivity index (χ0v) is 9.29. The Morgan fingerprint density at radius 3 is 2.67 bits per heavy atom. The molecule has 1 N–H and O–H groups in total. The minimum atomic E-state index is -0.158. The quantitative estimate of drug-likeness (QED) is 0.693. The molecule has 2 nitrogen and oxygen atoms in total. The molecule has 4 heteroatoms. The highest BCUT2D eigenvalue weighted by atomic mass is 35.5. The predicted molar refractivity (Wildman–Crippen MR) is 59.7 cm³/mol. The molecule has 78 valence electrons. The molecule has 3 rings (SSSR count). The summed E-state index contributed by atoms with van der Waals surface area (Å²) in [6.07, 6.45) is 0. The second-order valence-electron chi connectivity index (χ2n) is 4.00. The van der Waals surface area contributed by atoms with Crippen LogP contribution in [0, 0.1) is 0 Å². The number of halogens is 2. The van der Waals surface area contributed by atoms with E-state index in [1.165, 1.54) is 0 Å². The second-order valence-corrected chi connectivity index (χ2v) is 5.01. The first-order valence-corrected chi connectivity index (χ1v) is 5.75. The number of hydrogen-bond donors (Lipinski definition) is 1. The van der Waals surface area contributed by atoms with E-state index in [2.05, 4.69) is 5.32 Å². The fraction of sp³-hybridized carbons (Fsp3) is 0.364. The highest BCUT2D eigenvalue weighted by Crippen LogP contribution is 2.47.